The van der Waals surface area contributed by atoms with Crippen molar-refractivity contribution in [2.24, 2.45) is 7.05 Å². The predicted molar refractivity (Wildman–Crippen MR) is 101 cm³/mol. The Morgan fingerprint density at radius 1 is 1.20 bits per heavy atom. The Morgan fingerprint density at radius 2 is 2.04 bits per heavy atom. The van der Waals surface area contributed by atoms with E-state index in [2.05, 4.69) is 37.6 Å². The summed E-state index contributed by atoms with van der Waals surface area (Å²) < 4.78 is 2.10. The number of aromatic nitrogens is 4. The molecule has 0 aliphatic carbocycles. The van der Waals surface area contributed by atoms with Crippen LogP contribution in [0.4, 0.5) is 0 Å². The maximum atomic E-state index is 4.95. The first-order chi connectivity index (χ1) is 12.2. The highest BCUT2D eigenvalue weighted by molar-refractivity contribution is 7.09. The van der Waals surface area contributed by atoms with Crippen molar-refractivity contribution in [2.75, 3.05) is 13.1 Å². The molecule has 0 unspecified atom stereocenters. The van der Waals surface area contributed by atoms with E-state index in [1.807, 2.05) is 31.9 Å². The van der Waals surface area contributed by atoms with Crippen molar-refractivity contribution in [3.63, 3.8) is 0 Å². The summed E-state index contributed by atoms with van der Waals surface area (Å²) in [5.74, 6) is 1.56. The van der Waals surface area contributed by atoms with Crippen molar-refractivity contribution in [1.29, 1.82) is 0 Å². The molecule has 4 rings (SSSR count). The average molecular weight is 353 g/mol. The SMILES string of the molecule is Cc1ncc(-c2cccc(C3CCN(Cc4cncs4)CC3)n2)n1C. The summed E-state index contributed by atoms with van der Waals surface area (Å²) in [5, 5.41) is 0. The molecule has 1 aliphatic rings. The molecule has 3 aromatic heterocycles. The molecule has 0 aromatic carbocycles. The molecule has 25 heavy (non-hydrogen) atoms. The zero-order chi connectivity index (χ0) is 17.2. The first kappa shape index (κ1) is 16.4. The lowest BCUT2D eigenvalue weighted by molar-refractivity contribution is 0.205. The summed E-state index contributed by atoms with van der Waals surface area (Å²) in [6, 6.07) is 6.39. The topological polar surface area (TPSA) is 46.8 Å². The lowest BCUT2D eigenvalue weighted by Gasteiger charge is -2.31. The number of imidazole rings is 1. The normalized spacial score (nSPS) is 16.4. The third kappa shape index (κ3) is 3.50. The first-order valence-corrected chi connectivity index (χ1v) is 9.64. The molecule has 5 nitrogen and oxygen atoms in total. The van der Waals surface area contributed by atoms with Crippen LogP contribution in [0, 0.1) is 6.92 Å². The van der Waals surface area contributed by atoms with Gasteiger partial charge < -0.3 is 4.57 Å². The fraction of sp³-hybridized carbons (Fsp3) is 0.421. The van der Waals surface area contributed by atoms with Crippen LogP contribution in [0.15, 0.2) is 36.1 Å². The van der Waals surface area contributed by atoms with Gasteiger partial charge in [-0.05, 0) is 45.0 Å². The van der Waals surface area contributed by atoms with E-state index in [1.165, 1.54) is 23.4 Å². The second kappa shape index (κ2) is 7.06. The molecule has 6 heteroatoms. The number of hydrogen-bond acceptors (Lipinski definition) is 5. The number of thiazole rings is 1. The van der Waals surface area contributed by atoms with Gasteiger partial charge in [-0.3, -0.25) is 14.9 Å². The van der Waals surface area contributed by atoms with E-state index in [9.17, 15) is 0 Å². The second-order valence-electron chi connectivity index (χ2n) is 6.72. The highest BCUT2D eigenvalue weighted by atomic mass is 32.1. The van der Waals surface area contributed by atoms with Gasteiger partial charge in [-0.2, -0.15) is 0 Å². The molecule has 4 heterocycles. The lowest BCUT2D eigenvalue weighted by Crippen LogP contribution is -2.32. The minimum atomic E-state index is 0.548. The molecule has 130 valence electrons. The van der Waals surface area contributed by atoms with Crippen LogP contribution in [-0.2, 0) is 13.6 Å². The Labute approximate surface area is 152 Å². The van der Waals surface area contributed by atoms with Crippen molar-refractivity contribution in [1.82, 2.24) is 24.4 Å². The van der Waals surface area contributed by atoms with Gasteiger partial charge in [0.1, 0.15) is 5.82 Å². The summed E-state index contributed by atoms with van der Waals surface area (Å²) in [6.45, 7) is 5.30. The molecule has 0 amide bonds. The smallest absolute Gasteiger partial charge is 0.105 e. The molecule has 3 aromatic rings. The van der Waals surface area contributed by atoms with E-state index < -0.39 is 0 Å². The molecule has 0 N–H and O–H groups in total. The number of aryl methyl sites for hydroxylation is 1. The van der Waals surface area contributed by atoms with Crippen molar-refractivity contribution < 1.29 is 0 Å². The van der Waals surface area contributed by atoms with Crippen molar-refractivity contribution in [3.05, 3.63) is 52.5 Å². The van der Waals surface area contributed by atoms with Crippen molar-refractivity contribution in [2.45, 2.75) is 32.2 Å². The number of piperidine rings is 1. The van der Waals surface area contributed by atoms with Crippen LogP contribution in [0.1, 0.15) is 35.2 Å². The van der Waals surface area contributed by atoms with E-state index in [0.29, 0.717) is 5.92 Å². The largest absolute Gasteiger partial charge is 0.330 e. The van der Waals surface area contributed by atoms with Crippen LogP contribution in [0.2, 0.25) is 0 Å². The Bertz CT molecular complexity index is 831. The summed E-state index contributed by atoms with van der Waals surface area (Å²) >= 11 is 1.74. The average Bonchev–Trinajstić information content (AvgIpc) is 3.26. The zero-order valence-corrected chi connectivity index (χ0v) is 15.5. The van der Waals surface area contributed by atoms with Gasteiger partial charge in [0.05, 0.1) is 23.1 Å². The Balaban J connectivity index is 1.45. The number of likely N-dealkylation sites (tertiary alicyclic amines) is 1. The quantitative estimate of drug-likeness (QED) is 0.719. The van der Waals surface area contributed by atoms with Gasteiger partial charge in [0.15, 0.2) is 0 Å². The summed E-state index contributed by atoms with van der Waals surface area (Å²) in [5.41, 5.74) is 5.24. The first-order valence-electron chi connectivity index (χ1n) is 8.76. The number of hydrogen-bond donors (Lipinski definition) is 0. The molecule has 0 spiro atoms. The molecule has 0 bridgehead atoms. The standard InChI is InChI=1S/C19H23N5S/c1-14-21-11-19(23(14)2)18-5-3-4-17(22-18)15-6-8-24(9-7-15)12-16-10-20-13-25-16/h3-5,10-11,13,15H,6-9,12H2,1-2H3. The lowest BCUT2D eigenvalue weighted by atomic mass is 9.93. The highest BCUT2D eigenvalue weighted by Gasteiger charge is 2.22. The van der Waals surface area contributed by atoms with Gasteiger partial charge in [-0.15, -0.1) is 11.3 Å². The molecule has 0 atom stereocenters. The molecular weight excluding hydrogens is 330 g/mol. The van der Waals surface area contributed by atoms with E-state index in [0.717, 1.165) is 36.8 Å². The second-order valence-corrected chi connectivity index (χ2v) is 7.69. The maximum Gasteiger partial charge on any atom is 0.105 e. The maximum absolute atomic E-state index is 4.95. The van der Waals surface area contributed by atoms with Gasteiger partial charge in [0.25, 0.3) is 0 Å². The van der Waals surface area contributed by atoms with E-state index >= 15 is 0 Å². The van der Waals surface area contributed by atoms with Gasteiger partial charge in [0.2, 0.25) is 0 Å². The van der Waals surface area contributed by atoms with E-state index in [-0.39, 0.29) is 0 Å². The van der Waals surface area contributed by atoms with Gasteiger partial charge >= 0.3 is 0 Å². The highest BCUT2D eigenvalue weighted by Crippen LogP contribution is 2.29. The van der Waals surface area contributed by atoms with Crippen LogP contribution in [-0.4, -0.2) is 37.5 Å². The molecule has 1 fully saturated rings. The molecule has 1 saturated heterocycles. The Kier molecular flexibility index (Phi) is 4.63. The summed E-state index contributed by atoms with van der Waals surface area (Å²) in [7, 11) is 2.05. The Morgan fingerprint density at radius 3 is 2.72 bits per heavy atom. The molecule has 0 saturated carbocycles. The van der Waals surface area contributed by atoms with Crippen molar-refractivity contribution >= 4 is 11.3 Å². The summed E-state index contributed by atoms with van der Waals surface area (Å²) in [4.78, 5) is 17.4. The van der Waals surface area contributed by atoms with Crippen molar-refractivity contribution in [3.8, 4) is 11.4 Å². The molecule has 0 radical (unpaired) electrons. The predicted octanol–water partition coefficient (Wildman–Crippen LogP) is 3.63. The summed E-state index contributed by atoms with van der Waals surface area (Å²) in [6.07, 6.45) is 6.23. The number of rotatable bonds is 4. The van der Waals surface area contributed by atoms with Gasteiger partial charge in [-0.1, -0.05) is 6.07 Å². The number of nitrogens with zero attached hydrogens (tertiary/aromatic N) is 5. The van der Waals surface area contributed by atoms with Crippen LogP contribution in [0.3, 0.4) is 0 Å². The molecular formula is C19H23N5S. The third-order valence-corrected chi connectivity index (χ3v) is 5.89. The number of pyridine rings is 1. The minimum Gasteiger partial charge on any atom is -0.330 e. The monoisotopic (exact) mass is 353 g/mol. The van der Waals surface area contributed by atoms with Crippen LogP contribution in [0.25, 0.3) is 11.4 Å². The third-order valence-electron chi connectivity index (χ3n) is 5.12. The van der Waals surface area contributed by atoms with E-state index in [1.54, 1.807) is 11.3 Å². The van der Waals surface area contributed by atoms with E-state index in [4.69, 9.17) is 4.98 Å². The van der Waals surface area contributed by atoms with Crippen LogP contribution in [0.5, 0.6) is 0 Å². The Hall–Kier alpha value is -2.05. The van der Waals surface area contributed by atoms with Crippen LogP contribution < -0.4 is 0 Å². The fourth-order valence-electron chi connectivity index (χ4n) is 3.49. The fourth-order valence-corrected chi connectivity index (χ4v) is 4.12. The zero-order valence-electron chi connectivity index (χ0n) is 14.7. The molecule has 1 aliphatic heterocycles. The minimum absolute atomic E-state index is 0.548. The van der Waals surface area contributed by atoms with Crippen LogP contribution >= 0.6 is 11.3 Å². The van der Waals surface area contributed by atoms with Gasteiger partial charge in [0, 0.05) is 36.3 Å². The van der Waals surface area contributed by atoms with Gasteiger partial charge in [-0.25, -0.2) is 4.98 Å².